The second-order valence-electron chi connectivity index (χ2n) is 2.98. The molecule has 2 rings (SSSR count). The van der Waals surface area contributed by atoms with Crippen molar-refractivity contribution in [3.05, 3.63) is 41.6 Å². The molecule has 0 amide bonds. The smallest absolute Gasteiger partial charge is 0.121 e. The molecule has 0 aromatic heterocycles. The summed E-state index contributed by atoms with van der Waals surface area (Å²) in [5.41, 5.74) is 2.32. The third kappa shape index (κ3) is 2.30. The van der Waals surface area contributed by atoms with E-state index in [4.69, 9.17) is 4.74 Å². The van der Waals surface area contributed by atoms with E-state index >= 15 is 0 Å². The summed E-state index contributed by atoms with van der Waals surface area (Å²) in [5.74, 6) is 0. The average molecular weight is 193 g/mol. The van der Waals surface area contributed by atoms with Crippen molar-refractivity contribution in [2.45, 2.75) is 6.10 Å². The third-order valence-corrected chi connectivity index (χ3v) is 2.30. The number of rotatable bonds is 3. The monoisotopic (exact) mass is 193 g/mol. The predicted octanol–water partition coefficient (Wildman–Crippen LogP) is 1.81. The van der Waals surface area contributed by atoms with Gasteiger partial charge in [-0.2, -0.15) is 0 Å². The Morgan fingerprint density at radius 1 is 1.46 bits per heavy atom. The van der Waals surface area contributed by atoms with Gasteiger partial charge in [-0.15, -0.1) is 0 Å². The Morgan fingerprint density at radius 3 is 2.69 bits per heavy atom. The van der Waals surface area contributed by atoms with Crippen LogP contribution in [0.1, 0.15) is 5.56 Å². The van der Waals surface area contributed by atoms with Gasteiger partial charge < -0.3 is 9.82 Å². The van der Waals surface area contributed by atoms with Crippen LogP contribution in [0.2, 0.25) is 0 Å². The van der Waals surface area contributed by atoms with Gasteiger partial charge in [0.25, 0.3) is 0 Å². The zero-order valence-corrected chi connectivity index (χ0v) is 8.39. The van der Waals surface area contributed by atoms with E-state index in [1.165, 1.54) is 5.56 Å². The first kappa shape index (κ1) is 8.74. The standard InChI is InChI=1S/C10H12NOP/c13-11-9(10-7-12-10)6-8-4-2-1-3-5-8/h1-6,10-11H,7,13H2/b9-6+/t10-/m1/s1. The number of hydrogen-bond donors (Lipinski definition) is 1. The summed E-state index contributed by atoms with van der Waals surface area (Å²) in [6.07, 6.45) is 2.38. The van der Waals surface area contributed by atoms with Crippen LogP contribution in [0.4, 0.5) is 0 Å². The molecule has 2 atom stereocenters. The summed E-state index contributed by atoms with van der Waals surface area (Å²) in [6.45, 7) is 0.833. The summed E-state index contributed by atoms with van der Waals surface area (Å²) < 4.78 is 5.19. The first-order chi connectivity index (χ1) is 6.40. The van der Waals surface area contributed by atoms with Gasteiger partial charge in [0.05, 0.1) is 6.61 Å². The maximum Gasteiger partial charge on any atom is 0.121 e. The van der Waals surface area contributed by atoms with E-state index in [1.54, 1.807) is 0 Å². The third-order valence-electron chi connectivity index (χ3n) is 1.97. The maximum absolute atomic E-state index is 5.19. The molecule has 0 aliphatic carbocycles. The highest BCUT2D eigenvalue weighted by Crippen LogP contribution is 2.20. The highest BCUT2D eigenvalue weighted by molar-refractivity contribution is 7.14. The van der Waals surface area contributed by atoms with Gasteiger partial charge in [-0.1, -0.05) is 30.3 Å². The molecule has 0 spiro atoms. The average Bonchev–Trinajstić information content (AvgIpc) is 2.99. The SMILES string of the molecule is PN/C(=C/c1ccccc1)[C@H]1CO1. The fraction of sp³-hybridized carbons (Fsp3) is 0.200. The lowest BCUT2D eigenvalue weighted by atomic mass is 10.2. The van der Waals surface area contributed by atoms with E-state index in [0.717, 1.165) is 12.3 Å². The first-order valence-corrected chi connectivity index (χ1v) is 4.83. The van der Waals surface area contributed by atoms with Crippen molar-refractivity contribution < 1.29 is 4.74 Å². The van der Waals surface area contributed by atoms with Crippen LogP contribution in [0.15, 0.2) is 36.0 Å². The van der Waals surface area contributed by atoms with E-state index in [9.17, 15) is 0 Å². The number of hydrogen-bond acceptors (Lipinski definition) is 2. The van der Waals surface area contributed by atoms with Gasteiger partial charge in [0.1, 0.15) is 6.10 Å². The molecule has 0 bridgehead atoms. The van der Waals surface area contributed by atoms with E-state index in [1.807, 2.05) is 18.2 Å². The number of ether oxygens (including phenoxy) is 1. The van der Waals surface area contributed by atoms with Crippen molar-refractivity contribution in [3.8, 4) is 0 Å². The van der Waals surface area contributed by atoms with E-state index < -0.39 is 0 Å². The van der Waals surface area contributed by atoms with Crippen molar-refractivity contribution in [1.29, 1.82) is 0 Å². The molecule has 0 radical (unpaired) electrons. The fourth-order valence-electron chi connectivity index (χ4n) is 1.18. The predicted molar refractivity (Wildman–Crippen MR) is 57.0 cm³/mol. The minimum absolute atomic E-state index is 0.276. The van der Waals surface area contributed by atoms with Gasteiger partial charge in [-0.3, -0.25) is 0 Å². The lowest BCUT2D eigenvalue weighted by molar-refractivity contribution is 0.429. The Balaban J connectivity index is 2.17. The topological polar surface area (TPSA) is 24.6 Å². The minimum atomic E-state index is 0.276. The van der Waals surface area contributed by atoms with E-state index in [-0.39, 0.29) is 6.10 Å². The lowest BCUT2D eigenvalue weighted by Gasteiger charge is -2.01. The molecule has 1 aliphatic rings. The molecule has 1 saturated heterocycles. The van der Waals surface area contributed by atoms with E-state index in [2.05, 4.69) is 32.7 Å². The van der Waals surface area contributed by atoms with Crippen LogP contribution >= 0.6 is 9.39 Å². The van der Waals surface area contributed by atoms with Crippen molar-refractivity contribution >= 4 is 15.5 Å². The van der Waals surface area contributed by atoms with Crippen LogP contribution in [0.3, 0.4) is 0 Å². The zero-order chi connectivity index (χ0) is 9.10. The molecular formula is C10H12NOP. The van der Waals surface area contributed by atoms with Crippen molar-refractivity contribution in [3.63, 3.8) is 0 Å². The molecule has 1 aromatic rings. The lowest BCUT2D eigenvalue weighted by Crippen LogP contribution is -2.04. The molecule has 0 saturated carbocycles. The van der Waals surface area contributed by atoms with Gasteiger partial charge in [0.2, 0.25) is 0 Å². The van der Waals surface area contributed by atoms with Gasteiger partial charge in [-0.05, 0) is 21.0 Å². The zero-order valence-electron chi connectivity index (χ0n) is 7.23. The summed E-state index contributed by atoms with van der Waals surface area (Å²) in [4.78, 5) is 0. The Hall–Kier alpha value is -0.850. The maximum atomic E-state index is 5.19. The van der Waals surface area contributed by atoms with Gasteiger partial charge >= 0.3 is 0 Å². The molecule has 2 nitrogen and oxygen atoms in total. The Kier molecular flexibility index (Phi) is 2.62. The van der Waals surface area contributed by atoms with Gasteiger partial charge in [0.15, 0.2) is 0 Å². The number of nitrogens with one attached hydrogen (secondary N) is 1. The van der Waals surface area contributed by atoms with Crippen molar-refractivity contribution in [2.75, 3.05) is 6.61 Å². The molecule has 68 valence electrons. The van der Waals surface area contributed by atoms with Crippen molar-refractivity contribution in [1.82, 2.24) is 5.09 Å². The van der Waals surface area contributed by atoms with Crippen LogP contribution in [0.5, 0.6) is 0 Å². The van der Waals surface area contributed by atoms with Crippen LogP contribution in [0, 0.1) is 0 Å². The fourth-order valence-corrected chi connectivity index (χ4v) is 1.45. The van der Waals surface area contributed by atoms with Gasteiger partial charge in [0, 0.05) is 5.70 Å². The molecule has 1 fully saturated rings. The second kappa shape index (κ2) is 3.91. The van der Waals surface area contributed by atoms with Gasteiger partial charge in [-0.25, -0.2) is 0 Å². The minimum Gasteiger partial charge on any atom is -0.371 e. The van der Waals surface area contributed by atoms with Crippen LogP contribution in [0.25, 0.3) is 6.08 Å². The molecular weight excluding hydrogens is 181 g/mol. The Morgan fingerprint density at radius 2 is 2.15 bits per heavy atom. The summed E-state index contributed by atoms with van der Waals surface area (Å²) in [7, 11) is 2.50. The van der Waals surface area contributed by atoms with Crippen LogP contribution in [-0.2, 0) is 4.74 Å². The molecule has 3 heteroatoms. The largest absolute Gasteiger partial charge is 0.371 e. The molecule has 1 unspecified atom stereocenters. The normalized spacial score (nSPS) is 21.3. The summed E-state index contributed by atoms with van der Waals surface area (Å²) in [5, 5.41) is 3.07. The molecule has 1 aromatic carbocycles. The Bertz CT molecular complexity index is 306. The molecule has 13 heavy (non-hydrogen) atoms. The van der Waals surface area contributed by atoms with E-state index in [0.29, 0.717) is 0 Å². The molecule has 1 aliphatic heterocycles. The first-order valence-electron chi connectivity index (χ1n) is 4.25. The highest BCUT2D eigenvalue weighted by atomic mass is 31.0. The van der Waals surface area contributed by atoms with Crippen molar-refractivity contribution in [2.24, 2.45) is 0 Å². The number of epoxide rings is 1. The Labute approximate surface area is 80.2 Å². The quantitative estimate of drug-likeness (QED) is 0.584. The summed E-state index contributed by atoms with van der Waals surface area (Å²) in [6, 6.07) is 10.2. The van der Waals surface area contributed by atoms with Crippen LogP contribution < -0.4 is 5.09 Å². The molecule has 1 heterocycles. The number of benzene rings is 1. The highest BCUT2D eigenvalue weighted by Gasteiger charge is 2.26. The second-order valence-corrected chi connectivity index (χ2v) is 3.27. The van der Waals surface area contributed by atoms with Crippen LogP contribution in [-0.4, -0.2) is 12.7 Å². The molecule has 1 N–H and O–H groups in total. The summed E-state index contributed by atoms with van der Waals surface area (Å²) >= 11 is 0.